The van der Waals surface area contributed by atoms with E-state index in [1.807, 2.05) is 41.8 Å². The molecule has 0 aliphatic rings. The highest BCUT2D eigenvalue weighted by Gasteiger charge is 2.27. The highest BCUT2D eigenvalue weighted by atomic mass is 35.5. The predicted molar refractivity (Wildman–Crippen MR) is 86.1 cm³/mol. The third kappa shape index (κ3) is 2.10. The van der Waals surface area contributed by atoms with Gasteiger partial charge in [-0.15, -0.1) is 0 Å². The molecule has 6 nitrogen and oxygen atoms in total. The lowest BCUT2D eigenvalue weighted by molar-refractivity contribution is -0.556. The van der Waals surface area contributed by atoms with E-state index in [2.05, 4.69) is 15.2 Å². The van der Waals surface area contributed by atoms with Crippen molar-refractivity contribution in [1.82, 2.24) is 19.9 Å². The first-order valence-electron chi connectivity index (χ1n) is 7.05. The molecule has 0 fully saturated rings. The Morgan fingerprint density at radius 1 is 1.17 bits per heavy atom. The number of rotatable bonds is 2. The third-order valence-electron chi connectivity index (χ3n) is 3.68. The first-order valence-corrected chi connectivity index (χ1v) is 7.43. The van der Waals surface area contributed by atoms with Gasteiger partial charge >= 0.3 is 5.88 Å². The number of pyridine rings is 1. The Kier molecular flexibility index (Phi) is 3.12. The van der Waals surface area contributed by atoms with Crippen LogP contribution in [0, 0.1) is 6.92 Å². The molecular weight excluding hydrogens is 314 g/mol. The zero-order chi connectivity index (χ0) is 16.0. The van der Waals surface area contributed by atoms with E-state index in [0.29, 0.717) is 11.0 Å². The summed E-state index contributed by atoms with van der Waals surface area (Å²) in [5, 5.41) is 5.09. The molecule has 7 heteroatoms. The van der Waals surface area contributed by atoms with E-state index in [1.54, 1.807) is 24.1 Å². The van der Waals surface area contributed by atoms with Gasteiger partial charge in [-0.05, 0) is 31.2 Å². The van der Waals surface area contributed by atoms with Crippen LogP contribution in [0.2, 0.25) is 5.15 Å². The summed E-state index contributed by atoms with van der Waals surface area (Å²) in [4.78, 5) is 8.75. The molecule has 0 unspecified atom stereocenters. The van der Waals surface area contributed by atoms with Crippen LogP contribution in [0.3, 0.4) is 0 Å². The number of halogens is 1. The largest absolute Gasteiger partial charge is 0.461 e. The number of ether oxygens (including phenoxy) is 1. The van der Waals surface area contributed by atoms with Crippen LogP contribution in [0.5, 0.6) is 5.88 Å². The number of nitrogens with zero attached hydrogens (tertiary/aromatic N) is 5. The molecule has 0 spiro atoms. The highest BCUT2D eigenvalue weighted by molar-refractivity contribution is 6.29. The molecule has 3 aromatic heterocycles. The maximum atomic E-state index is 5.87. The van der Waals surface area contributed by atoms with Crippen LogP contribution in [0.15, 0.2) is 42.6 Å². The number of benzene rings is 1. The first-order chi connectivity index (χ1) is 11.2. The molecule has 0 N–H and O–H groups in total. The zero-order valence-electron chi connectivity index (χ0n) is 12.6. The van der Waals surface area contributed by atoms with Gasteiger partial charge in [0.1, 0.15) is 15.9 Å². The standard InChI is InChI=1S/C16H13ClN5O/c1-10-15-16(23-2)21(11-7-8-14(17)18-9-11)20-22(15)13-6-4-3-5-12(13)19-10/h3-9H,1-2H3/q+1. The van der Waals surface area contributed by atoms with Crippen LogP contribution in [0.4, 0.5) is 0 Å². The molecule has 23 heavy (non-hydrogen) atoms. The Morgan fingerprint density at radius 2 is 2.00 bits per heavy atom. The molecule has 0 amide bonds. The predicted octanol–water partition coefficient (Wildman–Crippen LogP) is 2.52. The lowest BCUT2D eigenvalue weighted by Gasteiger charge is -1.98. The lowest BCUT2D eigenvalue weighted by Crippen LogP contribution is -2.27. The van der Waals surface area contributed by atoms with Crippen molar-refractivity contribution in [2.75, 3.05) is 7.11 Å². The van der Waals surface area contributed by atoms with Gasteiger partial charge in [-0.3, -0.25) is 0 Å². The second-order valence-electron chi connectivity index (χ2n) is 5.10. The van der Waals surface area contributed by atoms with Crippen LogP contribution in [0.25, 0.3) is 22.2 Å². The van der Waals surface area contributed by atoms with Crippen molar-refractivity contribution in [2.24, 2.45) is 0 Å². The second-order valence-corrected chi connectivity index (χ2v) is 5.48. The molecular formula is C16H13ClN5O+. The van der Waals surface area contributed by atoms with Crippen LogP contribution in [-0.2, 0) is 0 Å². The van der Waals surface area contributed by atoms with E-state index >= 15 is 0 Å². The van der Waals surface area contributed by atoms with Crippen molar-refractivity contribution in [3.05, 3.63) is 53.4 Å². The van der Waals surface area contributed by atoms with Crippen molar-refractivity contribution in [3.63, 3.8) is 0 Å². The minimum Gasteiger partial charge on any atom is -0.461 e. The summed E-state index contributed by atoms with van der Waals surface area (Å²) in [6, 6.07) is 11.4. The number of aromatic nitrogens is 5. The van der Waals surface area contributed by atoms with E-state index in [1.165, 1.54) is 0 Å². The van der Waals surface area contributed by atoms with Crippen LogP contribution in [-0.4, -0.2) is 27.0 Å². The summed E-state index contributed by atoms with van der Waals surface area (Å²) in [5.41, 5.74) is 4.21. The maximum Gasteiger partial charge on any atom is 0.363 e. The van der Waals surface area contributed by atoms with Crippen molar-refractivity contribution in [1.29, 1.82) is 0 Å². The third-order valence-corrected chi connectivity index (χ3v) is 3.90. The normalized spacial score (nSPS) is 11.3. The Bertz CT molecular complexity index is 1030. The monoisotopic (exact) mass is 326 g/mol. The quantitative estimate of drug-likeness (QED) is 0.419. The number of aryl methyl sites for hydroxylation is 1. The molecule has 4 rings (SSSR count). The van der Waals surface area contributed by atoms with E-state index in [9.17, 15) is 0 Å². The van der Waals surface area contributed by atoms with Gasteiger partial charge in [0.05, 0.1) is 19.0 Å². The Balaban J connectivity index is 2.11. The van der Waals surface area contributed by atoms with E-state index < -0.39 is 0 Å². The number of para-hydroxylation sites is 2. The molecule has 114 valence electrons. The van der Waals surface area contributed by atoms with Crippen LogP contribution >= 0.6 is 11.6 Å². The molecule has 1 aromatic carbocycles. The highest BCUT2D eigenvalue weighted by Crippen LogP contribution is 2.24. The zero-order valence-corrected chi connectivity index (χ0v) is 13.3. The smallest absolute Gasteiger partial charge is 0.363 e. The van der Waals surface area contributed by atoms with Gasteiger partial charge in [0, 0.05) is 0 Å². The van der Waals surface area contributed by atoms with E-state index in [-0.39, 0.29) is 0 Å². The van der Waals surface area contributed by atoms with Gasteiger partial charge in [-0.25, -0.2) is 9.97 Å². The second kappa shape index (κ2) is 5.17. The number of fused-ring (bicyclic) bond motifs is 3. The van der Waals surface area contributed by atoms with Gasteiger partial charge in [0.2, 0.25) is 0 Å². The molecule has 0 aliphatic heterocycles. The van der Waals surface area contributed by atoms with Crippen molar-refractivity contribution >= 4 is 28.2 Å². The Morgan fingerprint density at radius 3 is 2.74 bits per heavy atom. The summed E-state index contributed by atoms with van der Waals surface area (Å²) >= 11 is 5.87. The molecule has 0 aliphatic carbocycles. The average molecular weight is 327 g/mol. The fourth-order valence-electron chi connectivity index (χ4n) is 2.66. The summed E-state index contributed by atoms with van der Waals surface area (Å²) < 4.78 is 9.12. The summed E-state index contributed by atoms with van der Waals surface area (Å²) in [6.45, 7) is 1.94. The molecule has 0 bridgehead atoms. The summed E-state index contributed by atoms with van der Waals surface area (Å²) in [6.07, 6.45) is 1.66. The van der Waals surface area contributed by atoms with Crippen molar-refractivity contribution in [3.8, 4) is 11.6 Å². The molecule has 0 atom stereocenters. The molecule has 4 aromatic rings. The fraction of sp³-hybridized carbons (Fsp3) is 0.125. The number of hydrogen-bond acceptors (Lipinski definition) is 4. The summed E-state index contributed by atoms with van der Waals surface area (Å²) in [5.74, 6) is 0.602. The molecule has 3 heterocycles. The Hall–Kier alpha value is -2.73. The topological polar surface area (TPSA) is 56.9 Å². The number of methoxy groups -OCH3 is 1. The molecule has 0 radical (unpaired) electrons. The molecule has 0 saturated heterocycles. The van der Waals surface area contributed by atoms with Gasteiger partial charge in [0.25, 0.3) is 5.52 Å². The first kappa shape index (κ1) is 13.9. The minimum atomic E-state index is 0.431. The average Bonchev–Trinajstić information content (AvgIpc) is 2.96. The Labute approximate surface area is 136 Å². The van der Waals surface area contributed by atoms with E-state index in [0.717, 1.165) is 27.9 Å². The van der Waals surface area contributed by atoms with Gasteiger partial charge in [-0.2, -0.15) is 0 Å². The lowest BCUT2D eigenvalue weighted by atomic mass is 10.2. The van der Waals surface area contributed by atoms with Gasteiger partial charge in [-0.1, -0.05) is 32.9 Å². The summed E-state index contributed by atoms with van der Waals surface area (Å²) in [7, 11) is 1.62. The molecule has 0 saturated carbocycles. The van der Waals surface area contributed by atoms with Gasteiger partial charge in [0.15, 0.2) is 11.2 Å². The van der Waals surface area contributed by atoms with Crippen molar-refractivity contribution in [2.45, 2.75) is 6.92 Å². The minimum absolute atomic E-state index is 0.431. The van der Waals surface area contributed by atoms with Gasteiger partial charge < -0.3 is 4.74 Å². The van der Waals surface area contributed by atoms with Crippen LogP contribution in [0.1, 0.15) is 5.69 Å². The van der Waals surface area contributed by atoms with Crippen LogP contribution < -0.4 is 9.25 Å². The number of hydrogen-bond donors (Lipinski definition) is 0. The maximum absolute atomic E-state index is 5.87. The van der Waals surface area contributed by atoms with Crippen molar-refractivity contribution < 1.29 is 9.25 Å². The SMILES string of the molecule is COc1c2c(C)nc3ccccc3[n+]2nn1-c1ccc(Cl)nc1. The fourth-order valence-corrected chi connectivity index (χ4v) is 2.77. The van der Waals surface area contributed by atoms with E-state index in [4.69, 9.17) is 16.3 Å².